The van der Waals surface area contributed by atoms with Gasteiger partial charge in [-0.15, -0.1) is 22.6 Å². The van der Waals surface area contributed by atoms with E-state index in [4.69, 9.17) is 4.74 Å². The molecule has 26 heavy (non-hydrogen) atoms. The Kier molecular flexibility index (Phi) is 5.48. The molecule has 3 heterocycles. The number of methoxy groups -OCH3 is 1. The van der Waals surface area contributed by atoms with E-state index in [-0.39, 0.29) is 30.4 Å². The number of benzene rings is 1. The van der Waals surface area contributed by atoms with Crippen LogP contribution in [0, 0.1) is 0 Å². The lowest BCUT2D eigenvalue weighted by Crippen LogP contribution is -2.42. The number of hydrogen-bond acceptors (Lipinski definition) is 5. The lowest BCUT2D eigenvalue weighted by molar-refractivity contribution is -0.137. The molecular weight excluding hydrogens is 354 g/mol. The zero-order chi connectivity index (χ0) is 17.4. The molecule has 0 aliphatic carbocycles. The van der Waals surface area contributed by atoms with E-state index in [0.717, 1.165) is 42.3 Å². The summed E-state index contributed by atoms with van der Waals surface area (Å²) in [4.78, 5) is 14.7. The highest BCUT2D eigenvalue weighted by atomic mass is 35.5. The van der Waals surface area contributed by atoms with Crippen molar-refractivity contribution in [3.63, 3.8) is 0 Å². The van der Waals surface area contributed by atoms with Crippen molar-refractivity contribution in [2.45, 2.75) is 44.9 Å². The van der Waals surface area contributed by atoms with Crippen LogP contribution in [0.1, 0.15) is 49.1 Å². The number of rotatable bonds is 4. The molecule has 2 aliphatic rings. The number of carbonyl (C=O) groups excluding carboxylic acids is 1. The molecule has 1 unspecified atom stereocenters. The van der Waals surface area contributed by atoms with Gasteiger partial charge in [0.2, 0.25) is 5.91 Å². The molecule has 8 heteroatoms. The van der Waals surface area contributed by atoms with Gasteiger partial charge in [-0.1, -0.05) is 12.1 Å². The largest absolute Gasteiger partial charge is 0.497 e. The molecule has 1 fully saturated rings. The average Bonchev–Trinajstić information content (AvgIpc) is 3.29. The van der Waals surface area contributed by atoms with Crippen LogP contribution in [0.15, 0.2) is 24.3 Å². The number of halogens is 1. The molecule has 1 amide bonds. The van der Waals surface area contributed by atoms with Crippen LogP contribution in [0.4, 0.5) is 0 Å². The maximum atomic E-state index is 12.9. The van der Waals surface area contributed by atoms with Crippen LogP contribution in [0.3, 0.4) is 0 Å². The van der Waals surface area contributed by atoms with E-state index in [9.17, 15) is 4.79 Å². The Morgan fingerprint density at radius 2 is 2.04 bits per heavy atom. The molecule has 2 aliphatic heterocycles. The Balaban J connectivity index is 0.00000196. The molecule has 0 radical (unpaired) electrons. The minimum absolute atomic E-state index is 0. The van der Waals surface area contributed by atoms with Crippen molar-refractivity contribution >= 4 is 18.3 Å². The van der Waals surface area contributed by atoms with Crippen molar-refractivity contribution in [3.05, 3.63) is 41.5 Å². The van der Waals surface area contributed by atoms with Crippen LogP contribution in [0.25, 0.3) is 0 Å². The smallest absolute Gasteiger partial charge is 0.246 e. The number of carbonyl (C=O) groups is 1. The van der Waals surface area contributed by atoms with Gasteiger partial charge >= 0.3 is 0 Å². The second-order valence-corrected chi connectivity index (χ2v) is 6.71. The van der Waals surface area contributed by atoms with Gasteiger partial charge in [0, 0.05) is 6.54 Å². The molecular formula is C18H24ClN5O2. The Morgan fingerprint density at radius 1 is 1.27 bits per heavy atom. The summed E-state index contributed by atoms with van der Waals surface area (Å²) in [6, 6.07) is 7.76. The summed E-state index contributed by atoms with van der Waals surface area (Å²) in [6.45, 7) is 4.00. The predicted molar refractivity (Wildman–Crippen MR) is 99.2 cm³/mol. The van der Waals surface area contributed by atoms with Crippen LogP contribution >= 0.6 is 12.4 Å². The Bertz CT molecular complexity index is 770. The normalized spacial score (nSPS) is 22.1. The standard InChI is InChI=1S/C18H23N5O2.ClH/c1-12-18(24)22(10-13-5-7-14(25-2)8-6-13)11-16-20-21-17(23(12)16)15-4-3-9-19-15;/h5-8,12,15,19H,3-4,9-11H2,1-2H3;1H/t12-,15?;/m0./s1. The zero-order valence-electron chi connectivity index (χ0n) is 15.0. The number of nitrogens with one attached hydrogen (secondary N) is 1. The highest BCUT2D eigenvalue weighted by Crippen LogP contribution is 2.29. The minimum atomic E-state index is -0.269. The topological polar surface area (TPSA) is 72.3 Å². The summed E-state index contributed by atoms with van der Waals surface area (Å²) in [5.41, 5.74) is 1.08. The first kappa shape index (κ1) is 18.7. The summed E-state index contributed by atoms with van der Waals surface area (Å²) in [5, 5.41) is 12.2. The molecule has 1 aromatic carbocycles. The van der Waals surface area contributed by atoms with Crippen LogP contribution in [0.2, 0.25) is 0 Å². The number of ether oxygens (including phenoxy) is 1. The zero-order valence-corrected chi connectivity index (χ0v) is 15.8. The fourth-order valence-corrected chi connectivity index (χ4v) is 3.72. The van der Waals surface area contributed by atoms with Gasteiger partial charge < -0.3 is 15.0 Å². The summed E-state index contributed by atoms with van der Waals surface area (Å²) >= 11 is 0. The minimum Gasteiger partial charge on any atom is -0.497 e. The van der Waals surface area contributed by atoms with Crippen molar-refractivity contribution in [3.8, 4) is 5.75 Å². The van der Waals surface area contributed by atoms with E-state index in [1.807, 2.05) is 40.7 Å². The number of hydrogen-bond donors (Lipinski definition) is 1. The van der Waals surface area contributed by atoms with Gasteiger partial charge in [0.1, 0.15) is 11.8 Å². The van der Waals surface area contributed by atoms with Crippen molar-refractivity contribution in [1.82, 2.24) is 25.0 Å². The monoisotopic (exact) mass is 377 g/mol. The Morgan fingerprint density at radius 3 is 2.69 bits per heavy atom. The third-order valence-corrected chi connectivity index (χ3v) is 5.09. The molecule has 4 rings (SSSR count). The van der Waals surface area contributed by atoms with Crippen LogP contribution in [0.5, 0.6) is 5.75 Å². The third-order valence-electron chi connectivity index (χ3n) is 5.09. The van der Waals surface area contributed by atoms with E-state index in [2.05, 4.69) is 15.5 Å². The van der Waals surface area contributed by atoms with Gasteiger partial charge in [-0.25, -0.2) is 0 Å². The maximum absolute atomic E-state index is 12.9. The second-order valence-electron chi connectivity index (χ2n) is 6.71. The quantitative estimate of drug-likeness (QED) is 0.884. The van der Waals surface area contributed by atoms with Gasteiger partial charge in [-0.2, -0.15) is 0 Å². The highest BCUT2D eigenvalue weighted by Gasteiger charge is 2.35. The highest BCUT2D eigenvalue weighted by molar-refractivity contribution is 5.85. The van der Waals surface area contributed by atoms with E-state index in [1.165, 1.54) is 0 Å². The Hall–Kier alpha value is -2.12. The van der Waals surface area contributed by atoms with Crippen LogP contribution in [-0.4, -0.2) is 39.2 Å². The summed E-state index contributed by atoms with van der Waals surface area (Å²) in [6.07, 6.45) is 2.19. The first-order chi connectivity index (χ1) is 12.2. The fourth-order valence-electron chi connectivity index (χ4n) is 3.72. The molecule has 0 spiro atoms. The maximum Gasteiger partial charge on any atom is 0.246 e. The van der Waals surface area contributed by atoms with Gasteiger partial charge in [0.15, 0.2) is 11.6 Å². The lowest BCUT2D eigenvalue weighted by atomic mass is 10.1. The van der Waals surface area contributed by atoms with Gasteiger partial charge in [0.05, 0.1) is 19.7 Å². The van der Waals surface area contributed by atoms with Crippen molar-refractivity contribution in [2.24, 2.45) is 0 Å². The second kappa shape index (κ2) is 7.63. The van der Waals surface area contributed by atoms with E-state index in [0.29, 0.717) is 13.1 Å². The predicted octanol–water partition coefficient (Wildman–Crippen LogP) is 2.24. The Labute approximate surface area is 159 Å². The average molecular weight is 378 g/mol. The van der Waals surface area contributed by atoms with Crippen molar-refractivity contribution in [2.75, 3.05) is 13.7 Å². The lowest BCUT2D eigenvalue weighted by Gasteiger charge is -2.32. The third kappa shape index (κ3) is 3.29. The van der Waals surface area contributed by atoms with Crippen LogP contribution < -0.4 is 10.1 Å². The first-order valence-corrected chi connectivity index (χ1v) is 8.76. The van der Waals surface area contributed by atoms with E-state index >= 15 is 0 Å². The van der Waals surface area contributed by atoms with Crippen LogP contribution in [-0.2, 0) is 17.9 Å². The number of fused-ring (bicyclic) bond motifs is 1. The molecule has 0 bridgehead atoms. The first-order valence-electron chi connectivity index (χ1n) is 8.76. The van der Waals surface area contributed by atoms with Gasteiger partial charge in [-0.05, 0) is 44.0 Å². The molecule has 1 saturated heterocycles. The van der Waals surface area contributed by atoms with E-state index < -0.39 is 0 Å². The van der Waals surface area contributed by atoms with Gasteiger partial charge in [0.25, 0.3) is 0 Å². The summed E-state index contributed by atoms with van der Waals surface area (Å²) < 4.78 is 7.21. The summed E-state index contributed by atoms with van der Waals surface area (Å²) in [5.74, 6) is 2.69. The van der Waals surface area contributed by atoms with Crippen molar-refractivity contribution < 1.29 is 9.53 Å². The van der Waals surface area contributed by atoms with Gasteiger partial charge in [-0.3, -0.25) is 9.36 Å². The molecule has 0 saturated carbocycles. The molecule has 1 N–H and O–H groups in total. The van der Waals surface area contributed by atoms with E-state index in [1.54, 1.807) is 7.11 Å². The molecule has 1 aromatic heterocycles. The SMILES string of the molecule is COc1ccc(CN2Cc3nnc(C4CCCN4)n3[C@@H](C)C2=O)cc1.Cl. The number of nitrogens with zero attached hydrogens (tertiary/aromatic N) is 4. The molecule has 2 atom stereocenters. The summed E-state index contributed by atoms with van der Waals surface area (Å²) in [7, 11) is 1.65. The number of amides is 1. The van der Waals surface area contributed by atoms with Crippen molar-refractivity contribution in [1.29, 1.82) is 0 Å². The number of aromatic nitrogens is 3. The fraction of sp³-hybridized carbons (Fsp3) is 0.500. The molecule has 140 valence electrons. The molecule has 2 aromatic rings. The molecule has 7 nitrogen and oxygen atoms in total.